The van der Waals surface area contributed by atoms with Gasteiger partial charge in [0.25, 0.3) is 5.91 Å². The first kappa shape index (κ1) is 21.1. The molecule has 0 unspecified atom stereocenters. The average Bonchev–Trinajstić information content (AvgIpc) is 3.28. The first-order chi connectivity index (χ1) is 15.0. The second-order valence-corrected chi connectivity index (χ2v) is 8.26. The van der Waals surface area contributed by atoms with Crippen LogP contribution in [-0.4, -0.2) is 67.5 Å². The van der Waals surface area contributed by atoms with Crippen molar-refractivity contribution in [2.45, 2.75) is 51.7 Å². The zero-order valence-corrected chi connectivity index (χ0v) is 18.2. The Morgan fingerprint density at radius 3 is 2.42 bits per heavy atom. The molecule has 8 heteroatoms. The van der Waals surface area contributed by atoms with Gasteiger partial charge in [0.05, 0.1) is 0 Å². The summed E-state index contributed by atoms with van der Waals surface area (Å²) in [5, 5.41) is 4.23. The Morgan fingerprint density at radius 1 is 1.10 bits per heavy atom. The van der Waals surface area contributed by atoms with Crippen molar-refractivity contribution in [3.63, 3.8) is 0 Å². The summed E-state index contributed by atoms with van der Waals surface area (Å²) in [6, 6.07) is 11.4. The summed E-state index contributed by atoms with van der Waals surface area (Å²) >= 11 is 0. The maximum Gasteiger partial charge on any atom is 0.327 e. The lowest BCUT2D eigenvalue weighted by molar-refractivity contribution is -0.141. The van der Waals surface area contributed by atoms with Crippen LogP contribution in [0.3, 0.4) is 0 Å². The zero-order chi connectivity index (χ0) is 22.0. The Kier molecular flexibility index (Phi) is 5.80. The first-order valence-electron chi connectivity index (χ1n) is 10.9. The molecule has 1 aromatic carbocycles. The van der Waals surface area contributed by atoms with Crippen molar-refractivity contribution in [3.8, 4) is 0 Å². The van der Waals surface area contributed by atoms with Crippen LogP contribution in [0.1, 0.15) is 37.4 Å². The summed E-state index contributed by atoms with van der Waals surface area (Å²) in [5.41, 5.74) is 1.16. The van der Waals surface area contributed by atoms with Crippen LogP contribution in [0.25, 0.3) is 0 Å². The second kappa shape index (κ2) is 8.53. The number of aromatic nitrogens is 2. The lowest BCUT2D eigenvalue weighted by Gasteiger charge is -2.42. The Balaban J connectivity index is 1.46. The summed E-state index contributed by atoms with van der Waals surface area (Å²) in [6.45, 7) is 6.03. The fourth-order valence-electron chi connectivity index (χ4n) is 4.65. The molecule has 2 saturated heterocycles. The topological polar surface area (TPSA) is 78.8 Å². The van der Waals surface area contributed by atoms with Gasteiger partial charge < -0.3 is 9.80 Å². The molecule has 1 aromatic heterocycles. The fraction of sp³-hybridized carbons (Fsp3) is 0.478. The number of benzene rings is 1. The lowest BCUT2D eigenvalue weighted by atomic mass is 9.85. The molecule has 3 heterocycles. The van der Waals surface area contributed by atoms with Crippen molar-refractivity contribution >= 4 is 17.8 Å². The van der Waals surface area contributed by atoms with E-state index in [1.165, 1.54) is 4.90 Å². The second-order valence-electron chi connectivity index (χ2n) is 8.26. The number of urea groups is 1. The van der Waals surface area contributed by atoms with E-state index in [-0.39, 0.29) is 17.8 Å². The first-order valence-corrected chi connectivity index (χ1v) is 10.9. The van der Waals surface area contributed by atoms with Crippen LogP contribution in [-0.2, 0) is 22.7 Å². The van der Waals surface area contributed by atoms with Crippen molar-refractivity contribution in [2.24, 2.45) is 0 Å². The highest BCUT2D eigenvalue weighted by molar-refractivity contribution is 6.07. The van der Waals surface area contributed by atoms with Gasteiger partial charge in [-0.1, -0.05) is 30.3 Å². The zero-order valence-electron chi connectivity index (χ0n) is 18.2. The van der Waals surface area contributed by atoms with Crippen molar-refractivity contribution < 1.29 is 14.4 Å². The molecule has 2 aliphatic rings. The standard InChI is InChI=1S/C23H29N5O3/c1-3-26-21(30)23(27(22(26)31)17-19-7-5-4-6-8-19)11-15-25(16-12-23)20(29)10-14-28-18(2)9-13-24-28/h4-9,13H,3,10-12,14-17H2,1-2H3. The number of likely N-dealkylation sites (tertiary alicyclic amines) is 1. The van der Waals surface area contributed by atoms with Crippen molar-refractivity contribution in [3.05, 3.63) is 53.9 Å². The van der Waals surface area contributed by atoms with E-state index in [4.69, 9.17) is 0 Å². The van der Waals surface area contributed by atoms with Gasteiger partial charge in [0.1, 0.15) is 5.54 Å². The van der Waals surface area contributed by atoms with Crippen LogP contribution < -0.4 is 0 Å². The van der Waals surface area contributed by atoms with Gasteiger partial charge in [0.15, 0.2) is 0 Å². The minimum atomic E-state index is -0.863. The van der Waals surface area contributed by atoms with Crippen LogP contribution in [0.4, 0.5) is 4.79 Å². The van der Waals surface area contributed by atoms with Crippen LogP contribution in [0, 0.1) is 6.92 Å². The summed E-state index contributed by atoms with van der Waals surface area (Å²) in [4.78, 5) is 44.0. The summed E-state index contributed by atoms with van der Waals surface area (Å²) in [5.74, 6) is -0.0707. The third-order valence-corrected chi connectivity index (χ3v) is 6.53. The minimum absolute atomic E-state index is 0.0588. The van der Waals surface area contributed by atoms with Crippen LogP contribution in [0.5, 0.6) is 0 Å². The van der Waals surface area contributed by atoms with E-state index in [0.29, 0.717) is 52.0 Å². The third kappa shape index (κ3) is 3.82. The maximum absolute atomic E-state index is 13.3. The smallest absolute Gasteiger partial charge is 0.327 e. The minimum Gasteiger partial charge on any atom is -0.342 e. The highest BCUT2D eigenvalue weighted by atomic mass is 16.2. The quantitative estimate of drug-likeness (QED) is 0.669. The molecule has 0 N–H and O–H groups in total. The van der Waals surface area contributed by atoms with Crippen LogP contribution in [0.15, 0.2) is 42.6 Å². The van der Waals surface area contributed by atoms with E-state index in [1.807, 2.05) is 59.8 Å². The van der Waals surface area contributed by atoms with Gasteiger partial charge in [-0.15, -0.1) is 0 Å². The number of aryl methyl sites for hydroxylation is 2. The van der Waals surface area contributed by atoms with Crippen molar-refractivity contribution in [2.75, 3.05) is 19.6 Å². The Bertz CT molecular complexity index is 963. The van der Waals surface area contributed by atoms with Gasteiger partial charge >= 0.3 is 6.03 Å². The van der Waals surface area contributed by atoms with E-state index in [2.05, 4.69) is 5.10 Å². The normalized spacial score (nSPS) is 18.3. The number of piperidine rings is 1. The molecule has 164 valence electrons. The Hall–Kier alpha value is -3.16. The molecule has 0 atom stereocenters. The number of carbonyl (C=O) groups excluding carboxylic acids is 3. The molecule has 2 aliphatic heterocycles. The summed E-state index contributed by atoms with van der Waals surface area (Å²) in [6.07, 6.45) is 3.03. The SMILES string of the molecule is CCN1C(=O)N(Cc2ccccc2)C2(CCN(C(=O)CCn3nccc3C)CC2)C1=O. The lowest BCUT2D eigenvalue weighted by Crippen LogP contribution is -2.57. The van der Waals surface area contributed by atoms with Gasteiger partial charge in [-0.05, 0) is 38.3 Å². The van der Waals surface area contributed by atoms with Crippen molar-refractivity contribution in [1.82, 2.24) is 24.5 Å². The third-order valence-electron chi connectivity index (χ3n) is 6.53. The molecular weight excluding hydrogens is 394 g/mol. The molecule has 1 spiro atoms. The molecule has 8 nitrogen and oxygen atoms in total. The van der Waals surface area contributed by atoms with Crippen LogP contribution in [0.2, 0.25) is 0 Å². The number of imide groups is 1. The highest BCUT2D eigenvalue weighted by Gasteiger charge is 2.57. The number of carbonyl (C=O) groups is 3. The molecule has 31 heavy (non-hydrogen) atoms. The number of amides is 4. The molecule has 2 fully saturated rings. The number of hydrogen-bond donors (Lipinski definition) is 0. The molecule has 0 saturated carbocycles. The predicted molar refractivity (Wildman–Crippen MR) is 115 cm³/mol. The van der Waals surface area contributed by atoms with E-state index in [0.717, 1.165) is 11.3 Å². The molecule has 0 aliphatic carbocycles. The number of rotatable bonds is 6. The molecular formula is C23H29N5O3. The maximum atomic E-state index is 13.3. The summed E-state index contributed by atoms with van der Waals surface area (Å²) in [7, 11) is 0. The molecule has 4 amide bonds. The monoisotopic (exact) mass is 423 g/mol. The average molecular weight is 424 g/mol. The summed E-state index contributed by atoms with van der Waals surface area (Å²) < 4.78 is 1.82. The van der Waals surface area contributed by atoms with Crippen LogP contribution >= 0.6 is 0 Å². The number of hydrogen-bond acceptors (Lipinski definition) is 4. The Morgan fingerprint density at radius 2 is 1.81 bits per heavy atom. The number of likely N-dealkylation sites (N-methyl/N-ethyl adjacent to an activating group) is 1. The molecule has 4 rings (SSSR count). The van der Waals surface area contributed by atoms with Crippen molar-refractivity contribution in [1.29, 1.82) is 0 Å². The molecule has 0 radical (unpaired) electrons. The van der Waals surface area contributed by atoms with Gasteiger partial charge in [-0.2, -0.15) is 5.10 Å². The van der Waals surface area contributed by atoms with Gasteiger partial charge in [-0.3, -0.25) is 19.2 Å². The molecule has 0 bridgehead atoms. The van der Waals surface area contributed by atoms with Gasteiger partial charge in [0.2, 0.25) is 5.91 Å². The fourth-order valence-corrected chi connectivity index (χ4v) is 4.65. The predicted octanol–water partition coefficient (Wildman–Crippen LogP) is 2.43. The number of nitrogens with zero attached hydrogens (tertiary/aromatic N) is 5. The van der Waals surface area contributed by atoms with E-state index < -0.39 is 5.54 Å². The Labute approximate surface area is 182 Å². The van der Waals surface area contributed by atoms with Gasteiger partial charge in [-0.25, -0.2) is 4.79 Å². The highest BCUT2D eigenvalue weighted by Crippen LogP contribution is 2.38. The van der Waals surface area contributed by atoms with E-state index in [9.17, 15) is 14.4 Å². The van der Waals surface area contributed by atoms with Gasteiger partial charge in [0, 0.05) is 51.0 Å². The molecule has 2 aromatic rings. The van der Waals surface area contributed by atoms with E-state index >= 15 is 0 Å². The van der Waals surface area contributed by atoms with E-state index in [1.54, 1.807) is 11.1 Å². The largest absolute Gasteiger partial charge is 0.342 e.